The van der Waals surface area contributed by atoms with Gasteiger partial charge in [-0.3, -0.25) is 14.9 Å². The summed E-state index contributed by atoms with van der Waals surface area (Å²) in [5, 5.41) is 13.0. The molecule has 116 valence electrons. The summed E-state index contributed by atoms with van der Waals surface area (Å²) in [7, 11) is -2.31. The molecule has 1 aromatic rings. The van der Waals surface area contributed by atoms with Gasteiger partial charge in [0.25, 0.3) is 11.6 Å². The van der Waals surface area contributed by atoms with Crippen LogP contribution in [-0.4, -0.2) is 38.6 Å². The first-order valence-electron chi connectivity index (χ1n) is 5.60. The second-order valence-corrected chi connectivity index (χ2v) is 5.97. The Morgan fingerprint density at radius 1 is 1.48 bits per heavy atom. The summed E-state index contributed by atoms with van der Waals surface area (Å²) in [6.45, 7) is -0.267. The molecule has 1 rings (SSSR count). The molecule has 0 aliphatic rings. The fraction of sp³-hybridized carbons (Fsp3) is 0.300. The Morgan fingerprint density at radius 2 is 2.10 bits per heavy atom. The van der Waals surface area contributed by atoms with Crippen LogP contribution in [0.1, 0.15) is 10.4 Å². The maximum absolute atomic E-state index is 13.2. The van der Waals surface area contributed by atoms with Crippen molar-refractivity contribution in [3.05, 3.63) is 33.6 Å². The monoisotopic (exact) mass is 320 g/mol. The lowest BCUT2D eigenvalue weighted by atomic mass is 10.1. The van der Waals surface area contributed by atoms with Gasteiger partial charge in [0.15, 0.2) is 5.82 Å². The molecule has 0 bridgehead atoms. The van der Waals surface area contributed by atoms with Gasteiger partial charge in [-0.1, -0.05) is 0 Å². The van der Waals surface area contributed by atoms with Crippen LogP contribution in [0.15, 0.2) is 12.1 Å². The molecule has 1 amide bonds. The molecule has 11 heteroatoms. The Morgan fingerprint density at radius 3 is 2.62 bits per heavy atom. The first-order chi connectivity index (χ1) is 9.68. The molecule has 0 saturated carbocycles. The summed E-state index contributed by atoms with van der Waals surface area (Å²) in [5.41, 5.74) is 3.64. The van der Waals surface area contributed by atoms with E-state index in [4.69, 9.17) is 5.73 Å². The molecular formula is C10H13FN4O5S. The van der Waals surface area contributed by atoms with Crippen LogP contribution in [0.4, 0.5) is 15.8 Å². The molecule has 0 fully saturated rings. The number of nitro groups is 1. The fourth-order valence-electron chi connectivity index (χ4n) is 1.41. The van der Waals surface area contributed by atoms with E-state index in [-0.39, 0.29) is 6.54 Å². The normalized spacial score (nSPS) is 11.1. The number of halogens is 1. The number of nitrogens with two attached hydrogens (primary N) is 1. The van der Waals surface area contributed by atoms with Crippen molar-refractivity contribution in [2.45, 2.75) is 0 Å². The zero-order valence-electron chi connectivity index (χ0n) is 10.9. The molecule has 0 unspecified atom stereocenters. The lowest BCUT2D eigenvalue weighted by Gasteiger charge is -2.07. The van der Waals surface area contributed by atoms with E-state index >= 15 is 0 Å². The number of rotatable bonds is 6. The standard InChI is InChI=1S/C10H13FN4O5S/c1-13-21(19,20)3-2-14-10(16)6-4-8(12)7(11)5-9(6)15(17)18/h4-5,13H,2-3,12H2,1H3,(H,14,16). The Kier molecular flexibility index (Phi) is 5.16. The molecule has 0 aliphatic carbocycles. The minimum atomic E-state index is -3.52. The van der Waals surface area contributed by atoms with Gasteiger partial charge >= 0.3 is 0 Å². The molecule has 21 heavy (non-hydrogen) atoms. The highest BCUT2D eigenvalue weighted by molar-refractivity contribution is 7.89. The van der Waals surface area contributed by atoms with Gasteiger partial charge in [0, 0.05) is 6.54 Å². The van der Waals surface area contributed by atoms with Gasteiger partial charge in [0.1, 0.15) is 5.56 Å². The predicted octanol–water partition coefficient (Wildman–Crippen LogP) is -0.405. The number of amides is 1. The summed E-state index contributed by atoms with van der Waals surface area (Å²) in [6.07, 6.45) is 0. The van der Waals surface area contributed by atoms with Gasteiger partial charge < -0.3 is 11.1 Å². The zero-order chi connectivity index (χ0) is 16.2. The van der Waals surface area contributed by atoms with Crippen molar-refractivity contribution in [3.63, 3.8) is 0 Å². The van der Waals surface area contributed by atoms with Crippen molar-refractivity contribution in [3.8, 4) is 0 Å². The number of nitrogens with one attached hydrogen (secondary N) is 2. The quantitative estimate of drug-likeness (QED) is 0.369. The second kappa shape index (κ2) is 6.45. The second-order valence-electron chi connectivity index (χ2n) is 3.93. The molecule has 0 spiro atoms. The molecule has 0 aliphatic heterocycles. The molecule has 0 aromatic heterocycles. The number of nitrogens with zero attached hydrogens (tertiary/aromatic N) is 1. The van der Waals surface area contributed by atoms with E-state index in [1.54, 1.807) is 0 Å². The van der Waals surface area contributed by atoms with Gasteiger partial charge in [0.2, 0.25) is 10.0 Å². The van der Waals surface area contributed by atoms with Crippen molar-refractivity contribution in [2.24, 2.45) is 0 Å². The van der Waals surface area contributed by atoms with Crippen molar-refractivity contribution in [1.82, 2.24) is 10.0 Å². The SMILES string of the molecule is CNS(=O)(=O)CCNC(=O)c1cc(N)c(F)cc1[N+](=O)[O-]. The highest BCUT2D eigenvalue weighted by Gasteiger charge is 2.23. The summed E-state index contributed by atoms with van der Waals surface area (Å²) >= 11 is 0. The third-order valence-electron chi connectivity index (χ3n) is 2.52. The maximum atomic E-state index is 13.2. The van der Waals surface area contributed by atoms with Crippen LogP contribution < -0.4 is 15.8 Å². The van der Waals surface area contributed by atoms with Crippen molar-refractivity contribution in [1.29, 1.82) is 0 Å². The summed E-state index contributed by atoms with van der Waals surface area (Å²) in [5.74, 6) is -2.34. The van der Waals surface area contributed by atoms with Crippen LogP contribution in [0.25, 0.3) is 0 Å². The van der Waals surface area contributed by atoms with Crippen LogP contribution in [0, 0.1) is 15.9 Å². The molecule has 4 N–H and O–H groups in total. The molecule has 0 radical (unpaired) electrons. The van der Waals surface area contributed by atoms with E-state index in [2.05, 4.69) is 5.32 Å². The van der Waals surface area contributed by atoms with Gasteiger partial charge in [-0.25, -0.2) is 17.5 Å². The van der Waals surface area contributed by atoms with Crippen molar-refractivity contribution in [2.75, 3.05) is 25.1 Å². The molecule has 9 nitrogen and oxygen atoms in total. The Hall–Kier alpha value is -2.27. The van der Waals surface area contributed by atoms with E-state index in [0.717, 1.165) is 6.07 Å². The average Bonchev–Trinajstić information content (AvgIpc) is 2.40. The van der Waals surface area contributed by atoms with E-state index < -0.39 is 49.4 Å². The number of nitrogen functional groups attached to an aromatic ring is 1. The first-order valence-corrected chi connectivity index (χ1v) is 7.26. The van der Waals surface area contributed by atoms with Gasteiger partial charge in [0.05, 0.1) is 22.4 Å². The molecular weight excluding hydrogens is 307 g/mol. The minimum Gasteiger partial charge on any atom is -0.396 e. The van der Waals surface area contributed by atoms with E-state index in [9.17, 15) is 27.7 Å². The summed E-state index contributed by atoms with van der Waals surface area (Å²) in [6, 6.07) is 1.37. The summed E-state index contributed by atoms with van der Waals surface area (Å²) < 4.78 is 37.5. The first kappa shape index (κ1) is 16.8. The number of nitro benzene ring substituents is 1. The highest BCUT2D eigenvalue weighted by atomic mass is 32.2. The van der Waals surface area contributed by atoms with Gasteiger partial charge in [-0.15, -0.1) is 0 Å². The third kappa shape index (κ3) is 4.36. The van der Waals surface area contributed by atoms with Crippen LogP contribution in [0.2, 0.25) is 0 Å². The average molecular weight is 320 g/mol. The number of hydrogen-bond donors (Lipinski definition) is 3. The molecule has 0 atom stereocenters. The zero-order valence-corrected chi connectivity index (χ0v) is 11.7. The fourth-order valence-corrected chi connectivity index (χ4v) is 1.98. The highest BCUT2D eigenvalue weighted by Crippen LogP contribution is 2.24. The van der Waals surface area contributed by atoms with Crippen molar-refractivity contribution >= 4 is 27.3 Å². The Balaban J connectivity index is 2.92. The maximum Gasteiger partial charge on any atom is 0.285 e. The van der Waals surface area contributed by atoms with E-state index in [1.165, 1.54) is 7.05 Å². The summed E-state index contributed by atoms with van der Waals surface area (Å²) in [4.78, 5) is 21.7. The molecule has 1 aromatic carbocycles. The number of hydrogen-bond acceptors (Lipinski definition) is 6. The Bertz CT molecular complexity index is 676. The van der Waals surface area contributed by atoms with Gasteiger partial charge in [-0.05, 0) is 13.1 Å². The smallest absolute Gasteiger partial charge is 0.285 e. The van der Waals surface area contributed by atoms with Gasteiger partial charge in [-0.2, -0.15) is 0 Å². The van der Waals surface area contributed by atoms with Crippen LogP contribution >= 0.6 is 0 Å². The number of sulfonamides is 1. The van der Waals surface area contributed by atoms with Crippen LogP contribution in [0.3, 0.4) is 0 Å². The lowest BCUT2D eigenvalue weighted by molar-refractivity contribution is -0.385. The van der Waals surface area contributed by atoms with E-state index in [0.29, 0.717) is 6.07 Å². The lowest BCUT2D eigenvalue weighted by Crippen LogP contribution is -2.33. The Labute approximate surface area is 119 Å². The molecule has 0 saturated heterocycles. The predicted molar refractivity (Wildman–Crippen MR) is 72.6 cm³/mol. The largest absolute Gasteiger partial charge is 0.396 e. The number of carbonyl (C=O) groups is 1. The number of anilines is 1. The number of benzene rings is 1. The molecule has 0 heterocycles. The van der Waals surface area contributed by atoms with Crippen LogP contribution in [0.5, 0.6) is 0 Å². The minimum absolute atomic E-state index is 0.267. The van der Waals surface area contributed by atoms with Crippen molar-refractivity contribution < 1.29 is 22.5 Å². The van der Waals surface area contributed by atoms with Crippen LogP contribution in [-0.2, 0) is 10.0 Å². The topological polar surface area (TPSA) is 144 Å². The number of carbonyl (C=O) groups excluding carboxylic acids is 1. The third-order valence-corrected chi connectivity index (χ3v) is 3.89. The van der Waals surface area contributed by atoms with E-state index in [1.807, 2.05) is 4.72 Å².